The van der Waals surface area contributed by atoms with Crippen molar-refractivity contribution >= 4 is 21.8 Å². The van der Waals surface area contributed by atoms with Crippen LogP contribution in [0.1, 0.15) is 15.9 Å². The lowest BCUT2D eigenvalue weighted by Gasteiger charge is -2.07. The number of halogens is 1. The largest absolute Gasteiger partial charge is 0.481 e. The molecule has 0 unspecified atom stereocenters. The maximum Gasteiger partial charge on any atom is 0.254 e. The van der Waals surface area contributed by atoms with Gasteiger partial charge in [-0.15, -0.1) is 0 Å². The molecule has 2 rings (SSSR count). The van der Waals surface area contributed by atoms with Crippen molar-refractivity contribution in [1.82, 2.24) is 15.3 Å². The summed E-state index contributed by atoms with van der Waals surface area (Å²) in [5.74, 6) is 0.338. The van der Waals surface area contributed by atoms with E-state index in [-0.39, 0.29) is 5.91 Å². The summed E-state index contributed by atoms with van der Waals surface area (Å²) in [5, 5.41) is 2.82. The third kappa shape index (κ3) is 3.51. The molecule has 19 heavy (non-hydrogen) atoms. The predicted octanol–water partition coefficient (Wildman–Crippen LogP) is 2.18. The lowest BCUT2D eigenvalue weighted by atomic mass is 10.2. The number of carbonyl (C=O) groups is 1. The van der Waals surface area contributed by atoms with E-state index in [0.29, 0.717) is 22.6 Å². The van der Waals surface area contributed by atoms with Crippen LogP contribution in [-0.4, -0.2) is 23.0 Å². The lowest BCUT2D eigenvalue weighted by molar-refractivity contribution is 0.0949. The molecule has 6 heteroatoms. The molecule has 0 aliphatic heterocycles. The fourth-order valence-corrected chi connectivity index (χ4v) is 1.94. The Morgan fingerprint density at radius 1 is 1.37 bits per heavy atom. The summed E-state index contributed by atoms with van der Waals surface area (Å²) < 4.78 is 5.55. The van der Waals surface area contributed by atoms with Crippen molar-refractivity contribution in [2.24, 2.45) is 0 Å². The van der Waals surface area contributed by atoms with Gasteiger partial charge in [0.15, 0.2) is 0 Å². The van der Waals surface area contributed by atoms with Crippen LogP contribution in [-0.2, 0) is 6.54 Å². The summed E-state index contributed by atoms with van der Waals surface area (Å²) in [6.07, 6.45) is 3.26. The van der Waals surface area contributed by atoms with Gasteiger partial charge in [0.2, 0.25) is 5.88 Å². The van der Waals surface area contributed by atoms with E-state index < -0.39 is 0 Å². The van der Waals surface area contributed by atoms with E-state index in [2.05, 4.69) is 31.2 Å². The van der Waals surface area contributed by atoms with E-state index in [1.54, 1.807) is 37.7 Å². The third-order valence-electron chi connectivity index (χ3n) is 2.47. The second-order valence-electron chi connectivity index (χ2n) is 3.73. The molecule has 5 nitrogen and oxygen atoms in total. The maximum absolute atomic E-state index is 12.0. The molecule has 0 bridgehead atoms. The van der Waals surface area contributed by atoms with Gasteiger partial charge in [-0.25, -0.2) is 9.97 Å². The minimum Gasteiger partial charge on any atom is -0.481 e. The van der Waals surface area contributed by atoms with Crippen molar-refractivity contribution in [3.8, 4) is 5.88 Å². The Kier molecular flexibility index (Phi) is 4.46. The normalized spacial score (nSPS) is 10.0. The van der Waals surface area contributed by atoms with Crippen LogP contribution in [0.2, 0.25) is 0 Å². The van der Waals surface area contributed by atoms with Gasteiger partial charge in [-0.05, 0) is 39.7 Å². The molecule has 2 heterocycles. The van der Waals surface area contributed by atoms with Gasteiger partial charge in [0, 0.05) is 25.0 Å². The van der Waals surface area contributed by atoms with Crippen molar-refractivity contribution in [3.63, 3.8) is 0 Å². The van der Waals surface area contributed by atoms with E-state index in [1.807, 2.05) is 6.07 Å². The number of carbonyl (C=O) groups excluding carboxylic acids is 1. The molecule has 98 valence electrons. The molecule has 0 aromatic carbocycles. The summed E-state index contributed by atoms with van der Waals surface area (Å²) in [6.45, 7) is 0.402. The Hall–Kier alpha value is -1.95. The van der Waals surface area contributed by atoms with Crippen LogP contribution in [0, 0.1) is 0 Å². The number of pyridine rings is 2. The molecule has 0 aliphatic rings. The highest BCUT2D eigenvalue weighted by molar-refractivity contribution is 9.10. The number of rotatable bonds is 4. The first-order valence-corrected chi connectivity index (χ1v) is 6.37. The van der Waals surface area contributed by atoms with Gasteiger partial charge in [-0.2, -0.15) is 0 Å². The quantitative estimate of drug-likeness (QED) is 0.877. The first-order chi connectivity index (χ1) is 9.20. The molecule has 0 radical (unpaired) electrons. The van der Waals surface area contributed by atoms with Gasteiger partial charge in [0.1, 0.15) is 4.60 Å². The number of hydrogen-bond donors (Lipinski definition) is 1. The average Bonchev–Trinajstić information content (AvgIpc) is 2.45. The Balaban J connectivity index is 2.02. The van der Waals surface area contributed by atoms with Crippen molar-refractivity contribution < 1.29 is 9.53 Å². The summed E-state index contributed by atoms with van der Waals surface area (Å²) in [7, 11) is 1.55. The number of nitrogens with one attached hydrogen (secondary N) is 1. The van der Waals surface area contributed by atoms with Gasteiger partial charge in [-0.3, -0.25) is 4.79 Å². The van der Waals surface area contributed by atoms with E-state index in [4.69, 9.17) is 4.74 Å². The molecular weight excluding hydrogens is 310 g/mol. The zero-order valence-electron chi connectivity index (χ0n) is 10.3. The number of methoxy groups -OCH3 is 1. The second kappa shape index (κ2) is 6.29. The second-order valence-corrected chi connectivity index (χ2v) is 4.48. The predicted molar refractivity (Wildman–Crippen MR) is 73.9 cm³/mol. The highest BCUT2D eigenvalue weighted by Gasteiger charge is 2.09. The highest BCUT2D eigenvalue weighted by Crippen LogP contribution is 2.13. The van der Waals surface area contributed by atoms with Crippen LogP contribution in [0.3, 0.4) is 0 Å². The SMILES string of the molecule is COc1cc(CNC(=O)c2cccnc2Br)ccn1. The minimum absolute atomic E-state index is 0.184. The summed E-state index contributed by atoms with van der Waals surface area (Å²) >= 11 is 3.24. The number of ether oxygens (including phenoxy) is 1. The summed E-state index contributed by atoms with van der Waals surface area (Å²) in [4.78, 5) is 20.0. The van der Waals surface area contributed by atoms with Gasteiger partial charge >= 0.3 is 0 Å². The number of hydrogen-bond acceptors (Lipinski definition) is 4. The van der Waals surface area contributed by atoms with Crippen LogP contribution >= 0.6 is 15.9 Å². The van der Waals surface area contributed by atoms with Gasteiger partial charge < -0.3 is 10.1 Å². The van der Waals surface area contributed by atoms with Crippen LogP contribution in [0.15, 0.2) is 41.3 Å². The summed E-state index contributed by atoms with van der Waals surface area (Å²) in [6, 6.07) is 7.02. The Morgan fingerprint density at radius 3 is 2.95 bits per heavy atom. The van der Waals surface area contributed by atoms with Crippen LogP contribution < -0.4 is 10.1 Å². The number of nitrogens with zero attached hydrogens (tertiary/aromatic N) is 2. The molecule has 2 aromatic heterocycles. The van der Waals surface area contributed by atoms with Crippen LogP contribution in [0.25, 0.3) is 0 Å². The first kappa shape index (κ1) is 13.5. The molecule has 2 aromatic rings. The summed E-state index contributed by atoms with van der Waals surface area (Å²) in [5.41, 5.74) is 1.42. The average molecular weight is 322 g/mol. The topological polar surface area (TPSA) is 64.1 Å². The smallest absolute Gasteiger partial charge is 0.254 e. The van der Waals surface area contributed by atoms with E-state index in [9.17, 15) is 4.79 Å². The van der Waals surface area contributed by atoms with Crippen LogP contribution in [0.4, 0.5) is 0 Å². The zero-order valence-corrected chi connectivity index (χ0v) is 11.8. The van der Waals surface area contributed by atoms with E-state index in [1.165, 1.54) is 0 Å². The monoisotopic (exact) mass is 321 g/mol. The van der Waals surface area contributed by atoms with Gasteiger partial charge in [0.05, 0.1) is 12.7 Å². The molecule has 0 spiro atoms. The molecule has 1 amide bonds. The number of amides is 1. The Bertz CT molecular complexity index is 590. The molecule has 0 saturated heterocycles. The zero-order chi connectivity index (χ0) is 13.7. The Morgan fingerprint density at radius 2 is 2.21 bits per heavy atom. The lowest BCUT2D eigenvalue weighted by Crippen LogP contribution is -2.23. The molecule has 0 aliphatic carbocycles. The molecule has 0 saturated carbocycles. The van der Waals surface area contributed by atoms with Crippen LogP contribution in [0.5, 0.6) is 5.88 Å². The van der Waals surface area contributed by atoms with Crippen molar-refractivity contribution in [3.05, 3.63) is 52.4 Å². The van der Waals surface area contributed by atoms with Crippen molar-refractivity contribution in [2.75, 3.05) is 7.11 Å². The fraction of sp³-hybridized carbons (Fsp3) is 0.154. The van der Waals surface area contributed by atoms with Crippen molar-refractivity contribution in [1.29, 1.82) is 0 Å². The molecule has 0 atom stereocenters. The minimum atomic E-state index is -0.184. The van der Waals surface area contributed by atoms with E-state index >= 15 is 0 Å². The number of aromatic nitrogens is 2. The maximum atomic E-state index is 12.0. The standard InChI is InChI=1S/C13H12BrN3O2/c1-19-11-7-9(4-6-15-11)8-17-13(18)10-3-2-5-16-12(10)14/h2-7H,8H2,1H3,(H,17,18). The third-order valence-corrected chi connectivity index (χ3v) is 3.10. The Labute approximate surface area is 119 Å². The van der Waals surface area contributed by atoms with E-state index in [0.717, 1.165) is 5.56 Å². The fourth-order valence-electron chi connectivity index (χ4n) is 1.51. The molecule has 1 N–H and O–H groups in total. The molecular formula is C13H12BrN3O2. The van der Waals surface area contributed by atoms with Crippen molar-refractivity contribution in [2.45, 2.75) is 6.54 Å². The highest BCUT2D eigenvalue weighted by atomic mass is 79.9. The van der Waals surface area contributed by atoms with Gasteiger partial charge in [0.25, 0.3) is 5.91 Å². The van der Waals surface area contributed by atoms with Gasteiger partial charge in [-0.1, -0.05) is 0 Å². The first-order valence-electron chi connectivity index (χ1n) is 5.58. The molecule has 0 fully saturated rings.